The highest BCUT2D eigenvalue weighted by atomic mass is 16.7. The van der Waals surface area contributed by atoms with Crippen molar-refractivity contribution in [2.45, 2.75) is 63.6 Å². The van der Waals surface area contributed by atoms with Crippen LogP contribution in [0.3, 0.4) is 0 Å². The van der Waals surface area contributed by atoms with Crippen molar-refractivity contribution < 1.29 is 38.4 Å². The van der Waals surface area contributed by atoms with Gasteiger partial charge in [0.05, 0.1) is 25.2 Å². The zero-order chi connectivity index (χ0) is 21.5. The molecular formula is C21H26O8. The summed E-state index contributed by atoms with van der Waals surface area (Å²) in [4.78, 5) is 37.2. The fourth-order valence-electron chi connectivity index (χ4n) is 3.63. The molecule has 1 N–H and O–H groups in total. The molecule has 8 nitrogen and oxygen atoms in total. The molecule has 2 fully saturated rings. The molecule has 2 aliphatic heterocycles. The Bertz CT molecular complexity index is 809. The number of rotatable bonds is 3. The van der Waals surface area contributed by atoms with Crippen LogP contribution in [0, 0.1) is 5.92 Å². The third kappa shape index (κ3) is 4.00. The molecule has 3 rings (SSSR count). The standard InChI is InChI=1S/C21H26O8/c1-10-8-15-17(11(2)18(23)27-15)16(28-20(25)21(4)12(3)29-21)9-13(19(24)26-5)6-7-14(10)22/h6,8,12,14-17,22H,2,7,9H2,1,3-5H3/b10-8+,13-6+/t12-,14-,15-,16-,17-,21-/m1/s1. The molecule has 0 saturated carbocycles. The van der Waals surface area contributed by atoms with Gasteiger partial charge in [0, 0.05) is 17.6 Å². The number of methoxy groups -OCH3 is 1. The number of hydrogen-bond acceptors (Lipinski definition) is 8. The number of esters is 3. The van der Waals surface area contributed by atoms with Gasteiger partial charge in [0.2, 0.25) is 0 Å². The lowest BCUT2D eigenvalue weighted by molar-refractivity contribution is -0.158. The van der Waals surface area contributed by atoms with E-state index >= 15 is 0 Å². The predicted molar refractivity (Wildman–Crippen MR) is 100 cm³/mol. The Labute approximate surface area is 169 Å². The Morgan fingerprint density at radius 3 is 2.62 bits per heavy atom. The van der Waals surface area contributed by atoms with E-state index in [-0.39, 0.29) is 30.1 Å². The Balaban J connectivity index is 2.00. The lowest BCUT2D eigenvalue weighted by Gasteiger charge is -2.28. The number of fused-ring (bicyclic) bond motifs is 1. The summed E-state index contributed by atoms with van der Waals surface area (Å²) in [6, 6.07) is 0. The smallest absolute Gasteiger partial charge is 0.341 e. The molecule has 0 amide bonds. The van der Waals surface area contributed by atoms with E-state index in [2.05, 4.69) is 6.58 Å². The van der Waals surface area contributed by atoms with Gasteiger partial charge in [-0.05, 0) is 38.8 Å². The number of ether oxygens (including phenoxy) is 4. The van der Waals surface area contributed by atoms with Gasteiger partial charge in [0.25, 0.3) is 0 Å². The zero-order valence-corrected chi connectivity index (χ0v) is 17.0. The lowest BCUT2D eigenvalue weighted by atomic mass is 9.84. The molecule has 0 aromatic carbocycles. The molecule has 2 saturated heterocycles. The summed E-state index contributed by atoms with van der Waals surface area (Å²) in [5.74, 6) is -2.50. The van der Waals surface area contributed by atoms with Crippen LogP contribution in [0.4, 0.5) is 0 Å². The first-order valence-electron chi connectivity index (χ1n) is 9.51. The maximum atomic E-state index is 12.7. The number of carbonyl (C=O) groups excluding carboxylic acids is 3. The summed E-state index contributed by atoms with van der Waals surface area (Å²) in [6.07, 6.45) is 0.532. The van der Waals surface area contributed by atoms with Crippen LogP contribution in [0.1, 0.15) is 33.6 Å². The normalized spacial score (nSPS) is 40.5. The second-order valence-corrected chi connectivity index (χ2v) is 7.82. The van der Waals surface area contributed by atoms with E-state index in [4.69, 9.17) is 18.9 Å². The molecule has 6 atom stereocenters. The second kappa shape index (κ2) is 7.76. The van der Waals surface area contributed by atoms with Crippen LogP contribution in [-0.2, 0) is 33.3 Å². The van der Waals surface area contributed by atoms with Crippen molar-refractivity contribution in [2.24, 2.45) is 5.92 Å². The Hall–Kier alpha value is -2.45. The highest BCUT2D eigenvalue weighted by molar-refractivity contribution is 5.92. The largest absolute Gasteiger partial charge is 0.466 e. The maximum absolute atomic E-state index is 12.7. The first-order chi connectivity index (χ1) is 13.6. The SMILES string of the molecule is C=C1C(=O)O[C@@H]2/C=C(\C)[C@H](O)C/C=C(/C(=O)OC)C[C@@H](OC(=O)[C@]3(C)O[C@@H]3C)[C@H]12. The zero-order valence-electron chi connectivity index (χ0n) is 17.0. The van der Waals surface area contributed by atoms with Crippen molar-refractivity contribution in [3.8, 4) is 0 Å². The van der Waals surface area contributed by atoms with Crippen LogP contribution in [0.25, 0.3) is 0 Å². The van der Waals surface area contributed by atoms with Gasteiger partial charge in [-0.25, -0.2) is 14.4 Å². The molecule has 8 heteroatoms. The van der Waals surface area contributed by atoms with Crippen LogP contribution < -0.4 is 0 Å². The van der Waals surface area contributed by atoms with E-state index in [0.717, 1.165) is 0 Å². The van der Waals surface area contributed by atoms with Gasteiger partial charge in [-0.3, -0.25) is 0 Å². The molecule has 0 unspecified atom stereocenters. The van der Waals surface area contributed by atoms with E-state index in [1.165, 1.54) is 7.11 Å². The number of hydrogen-bond donors (Lipinski definition) is 1. The van der Waals surface area contributed by atoms with Crippen molar-refractivity contribution in [1.29, 1.82) is 0 Å². The molecule has 29 heavy (non-hydrogen) atoms. The van der Waals surface area contributed by atoms with Gasteiger partial charge in [0.15, 0.2) is 5.60 Å². The quantitative estimate of drug-likeness (QED) is 0.246. The second-order valence-electron chi connectivity index (χ2n) is 7.82. The van der Waals surface area contributed by atoms with E-state index in [1.807, 2.05) is 0 Å². The van der Waals surface area contributed by atoms with Gasteiger partial charge in [-0.1, -0.05) is 12.7 Å². The predicted octanol–water partition coefficient (Wildman–Crippen LogP) is 1.37. The van der Waals surface area contributed by atoms with E-state index in [9.17, 15) is 19.5 Å². The molecule has 0 bridgehead atoms. The van der Waals surface area contributed by atoms with Gasteiger partial charge < -0.3 is 24.1 Å². The minimum atomic E-state index is -1.06. The van der Waals surface area contributed by atoms with E-state index in [0.29, 0.717) is 5.57 Å². The maximum Gasteiger partial charge on any atom is 0.341 e. The van der Waals surface area contributed by atoms with E-state index in [1.54, 1.807) is 32.9 Å². The lowest BCUT2D eigenvalue weighted by Crippen LogP contribution is -2.38. The summed E-state index contributed by atoms with van der Waals surface area (Å²) >= 11 is 0. The number of carbonyl (C=O) groups is 3. The monoisotopic (exact) mass is 406 g/mol. The highest BCUT2D eigenvalue weighted by Crippen LogP contribution is 2.41. The van der Waals surface area contributed by atoms with Crippen LogP contribution in [0.5, 0.6) is 0 Å². The first kappa shape index (κ1) is 21.3. The average Bonchev–Trinajstić information content (AvgIpc) is 3.20. The fourth-order valence-corrected chi connectivity index (χ4v) is 3.63. The first-order valence-corrected chi connectivity index (χ1v) is 9.51. The van der Waals surface area contributed by atoms with E-state index < -0.39 is 47.7 Å². The summed E-state index contributed by atoms with van der Waals surface area (Å²) in [5.41, 5.74) is -0.112. The molecule has 3 aliphatic rings. The summed E-state index contributed by atoms with van der Waals surface area (Å²) in [6.45, 7) is 8.89. The third-order valence-corrected chi connectivity index (χ3v) is 5.87. The third-order valence-electron chi connectivity index (χ3n) is 5.87. The van der Waals surface area contributed by atoms with Crippen molar-refractivity contribution in [3.63, 3.8) is 0 Å². The van der Waals surface area contributed by atoms with Gasteiger partial charge >= 0.3 is 17.9 Å². The van der Waals surface area contributed by atoms with Crippen molar-refractivity contribution in [2.75, 3.05) is 7.11 Å². The van der Waals surface area contributed by atoms with Crippen molar-refractivity contribution >= 4 is 17.9 Å². The molecule has 0 aromatic rings. The molecular weight excluding hydrogens is 380 g/mol. The van der Waals surface area contributed by atoms with Crippen LogP contribution in [-0.4, -0.2) is 60.1 Å². The molecule has 0 aromatic heterocycles. The van der Waals surface area contributed by atoms with Crippen molar-refractivity contribution in [1.82, 2.24) is 0 Å². The molecule has 0 radical (unpaired) electrons. The Kier molecular flexibility index (Phi) is 5.69. The number of aliphatic hydroxyl groups excluding tert-OH is 1. The molecule has 1 aliphatic carbocycles. The van der Waals surface area contributed by atoms with Gasteiger partial charge in [0.1, 0.15) is 12.2 Å². The average molecular weight is 406 g/mol. The van der Waals surface area contributed by atoms with Gasteiger partial charge in [-0.2, -0.15) is 0 Å². The summed E-state index contributed by atoms with van der Waals surface area (Å²) < 4.78 is 21.3. The molecule has 158 valence electrons. The number of aliphatic hydroxyl groups is 1. The minimum Gasteiger partial charge on any atom is -0.466 e. The van der Waals surface area contributed by atoms with Crippen LogP contribution in [0.15, 0.2) is 35.5 Å². The van der Waals surface area contributed by atoms with Gasteiger partial charge in [-0.15, -0.1) is 0 Å². The van der Waals surface area contributed by atoms with Crippen LogP contribution in [0.2, 0.25) is 0 Å². The van der Waals surface area contributed by atoms with Crippen molar-refractivity contribution in [3.05, 3.63) is 35.5 Å². The number of epoxide rings is 1. The van der Waals surface area contributed by atoms with Crippen LogP contribution >= 0.6 is 0 Å². The summed E-state index contributed by atoms with van der Waals surface area (Å²) in [5, 5.41) is 10.3. The Morgan fingerprint density at radius 1 is 1.38 bits per heavy atom. The minimum absolute atomic E-state index is 0.0146. The highest BCUT2D eigenvalue weighted by Gasteiger charge is 2.58. The Morgan fingerprint density at radius 2 is 2.03 bits per heavy atom. The topological polar surface area (TPSA) is 112 Å². The fraction of sp³-hybridized carbons (Fsp3) is 0.571. The summed E-state index contributed by atoms with van der Waals surface area (Å²) in [7, 11) is 1.25. The molecule has 2 heterocycles. The molecule has 0 spiro atoms.